The number of halogens is 2. The van der Waals surface area contributed by atoms with E-state index in [1.54, 1.807) is 6.08 Å². The van der Waals surface area contributed by atoms with Crippen LogP contribution in [-0.4, -0.2) is 23.4 Å². The second-order valence-electron chi connectivity index (χ2n) is 7.19. The molecule has 3 amide bonds. The van der Waals surface area contributed by atoms with Gasteiger partial charge >= 0.3 is 6.03 Å². The normalized spacial score (nSPS) is 15.1. The molecule has 0 aromatic heterocycles. The molecule has 0 aliphatic carbocycles. The maximum atomic E-state index is 12.4. The molecule has 3 aromatic carbocycles. The largest absolute Gasteiger partial charge is 0.487 e. The summed E-state index contributed by atoms with van der Waals surface area (Å²) in [5.74, 6) is 0.361. The van der Waals surface area contributed by atoms with Crippen molar-refractivity contribution in [3.05, 3.63) is 80.4 Å². The van der Waals surface area contributed by atoms with E-state index in [9.17, 15) is 9.59 Å². The number of nitrogens with one attached hydrogen (secondary N) is 1. The van der Waals surface area contributed by atoms with Crippen molar-refractivity contribution in [2.75, 3.05) is 6.54 Å². The summed E-state index contributed by atoms with van der Waals surface area (Å²) in [6.07, 6.45) is 2.38. The lowest BCUT2D eigenvalue weighted by Gasteiger charge is -2.13. The second kappa shape index (κ2) is 9.24. The third-order valence-corrected chi connectivity index (χ3v) is 6.17. The number of fused-ring (bicyclic) bond motifs is 1. The summed E-state index contributed by atoms with van der Waals surface area (Å²) >= 11 is 7.13. The maximum absolute atomic E-state index is 12.4. The van der Waals surface area contributed by atoms with Crippen molar-refractivity contribution in [1.82, 2.24) is 10.2 Å². The predicted molar refractivity (Wildman–Crippen MR) is 129 cm³/mol. The van der Waals surface area contributed by atoms with Crippen LogP contribution >= 0.6 is 31.9 Å². The first-order chi connectivity index (χ1) is 15.0. The quantitative estimate of drug-likeness (QED) is 0.295. The fraction of sp³-hybridized carbons (Fsp3) is 0.167. The fourth-order valence-corrected chi connectivity index (χ4v) is 4.98. The van der Waals surface area contributed by atoms with Crippen LogP contribution < -0.4 is 10.1 Å². The summed E-state index contributed by atoms with van der Waals surface area (Å²) in [6.45, 7) is 2.74. The molecule has 158 valence electrons. The van der Waals surface area contributed by atoms with Crippen LogP contribution in [-0.2, 0) is 11.4 Å². The van der Waals surface area contributed by atoms with Gasteiger partial charge in [-0.25, -0.2) is 4.79 Å². The molecular weight excluding hydrogens is 524 g/mol. The zero-order valence-electron chi connectivity index (χ0n) is 16.8. The minimum atomic E-state index is -0.383. The lowest BCUT2D eigenvalue weighted by molar-refractivity contribution is -0.122. The van der Waals surface area contributed by atoms with E-state index >= 15 is 0 Å². The number of hydrogen-bond donors (Lipinski definition) is 1. The highest BCUT2D eigenvalue weighted by Crippen LogP contribution is 2.36. The van der Waals surface area contributed by atoms with Gasteiger partial charge in [0.1, 0.15) is 18.1 Å². The van der Waals surface area contributed by atoms with E-state index in [4.69, 9.17) is 4.74 Å². The first-order valence-corrected chi connectivity index (χ1v) is 11.5. The molecule has 0 saturated carbocycles. The summed E-state index contributed by atoms with van der Waals surface area (Å²) < 4.78 is 7.61. The van der Waals surface area contributed by atoms with E-state index in [2.05, 4.69) is 61.4 Å². The van der Waals surface area contributed by atoms with E-state index in [-0.39, 0.29) is 17.6 Å². The standard InChI is InChI=1S/C24H20Br2N2O3/c1-2-10-28-23(29)21(27-24(28)30)13-15-11-19(25)22(20(26)12-15)31-14-17-8-5-7-16-6-3-4-9-18(16)17/h3-9,11-13H,2,10,14H2,1H3,(H,27,30)/b21-13+. The number of carbonyl (C=O) groups is 2. The van der Waals surface area contributed by atoms with Gasteiger partial charge in [0.2, 0.25) is 0 Å². The third-order valence-electron chi connectivity index (χ3n) is 4.99. The van der Waals surface area contributed by atoms with Crippen molar-refractivity contribution in [2.24, 2.45) is 0 Å². The van der Waals surface area contributed by atoms with Crippen molar-refractivity contribution in [3.63, 3.8) is 0 Å². The molecule has 0 bridgehead atoms. The Hall–Kier alpha value is -2.64. The Morgan fingerprint density at radius 1 is 1.03 bits per heavy atom. The van der Waals surface area contributed by atoms with Crippen molar-refractivity contribution < 1.29 is 14.3 Å². The predicted octanol–water partition coefficient (Wildman–Crippen LogP) is 6.25. The Morgan fingerprint density at radius 3 is 2.48 bits per heavy atom. The summed E-state index contributed by atoms with van der Waals surface area (Å²) in [7, 11) is 0. The number of urea groups is 1. The number of nitrogens with zero attached hydrogens (tertiary/aromatic N) is 1. The van der Waals surface area contributed by atoms with Gasteiger partial charge in [-0.3, -0.25) is 9.69 Å². The maximum Gasteiger partial charge on any atom is 0.329 e. The van der Waals surface area contributed by atoms with E-state index in [1.807, 2.05) is 37.3 Å². The average Bonchev–Trinajstić information content (AvgIpc) is 3.01. The van der Waals surface area contributed by atoms with Crippen LogP contribution in [0, 0.1) is 0 Å². The van der Waals surface area contributed by atoms with Crippen molar-refractivity contribution in [2.45, 2.75) is 20.0 Å². The first kappa shape index (κ1) is 21.6. The molecule has 0 atom stereocenters. The number of imide groups is 1. The molecule has 5 nitrogen and oxygen atoms in total. The average molecular weight is 544 g/mol. The van der Waals surface area contributed by atoms with E-state index < -0.39 is 0 Å². The summed E-state index contributed by atoms with van der Waals surface area (Å²) in [5.41, 5.74) is 2.12. The van der Waals surface area contributed by atoms with Crippen LogP contribution in [0.4, 0.5) is 4.79 Å². The molecule has 1 aliphatic heterocycles. The molecule has 3 aromatic rings. The molecule has 1 N–H and O–H groups in total. The van der Waals surface area contributed by atoms with E-state index in [1.165, 1.54) is 10.3 Å². The highest BCUT2D eigenvalue weighted by atomic mass is 79.9. The summed E-state index contributed by atoms with van der Waals surface area (Å²) in [6, 6.07) is 17.7. The zero-order valence-corrected chi connectivity index (χ0v) is 20.0. The minimum absolute atomic E-state index is 0.265. The monoisotopic (exact) mass is 542 g/mol. The lowest BCUT2D eigenvalue weighted by Crippen LogP contribution is -2.31. The third kappa shape index (κ3) is 4.52. The van der Waals surface area contributed by atoms with Crippen molar-refractivity contribution >= 4 is 60.6 Å². The minimum Gasteiger partial charge on any atom is -0.487 e. The van der Waals surface area contributed by atoms with Gasteiger partial charge in [0.05, 0.1) is 8.95 Å². The Kier molecular flexibility index (Phi) is 6.43. The molecule has 7 heteroatoms. The van der Waals surface area contributed by atoms with Gasteiger partial charge in [-0.05, 0) is 78.4 Å². The molecule has 1 saturated heterocycles. The smallest absolute Gasteiger partial charge is 0.329 e. The molecule has 0 spiro atoms. The summed E-state index contributed by atoms with van der Waals surface area (Å²) in [4.78, 5) is 25.7. The van der Waals surface area contributed by atoms with E-state index in [0.29, 0.717) is 25.3 Å². The topological polar surface area (TPSA) is 58.6 Å². The van der Waals surface area contributed by atoms with Gasteiger partial charge in [0.25, 0.3) is 5.91 Å². The Labute approximate surface area is 197 Å². The fourth-order valence-electron chi connectivity index (χ4n) is 3.53. The Balaban J connectivity index is 1.55. The molecule has 1 fully saturated rings. The number of rotatable bonds is 6. The lowest BCUT2D eigenvalue weighted by atomic mass is 10.1. The Morgan fingerprint density at radius 2 is 1.74 bits per heavy atom. The number of ether oxygens (including phenoxy) is 1. The van der Waals surface area contributed by atoms with Crippen molar-refractivity contribution in [3.8, 4) is 5.75 Å². The van der Waals surface area contributed by atoms with Gasteiger partial charge in [-0.1, -0.05) is 49.4 Å². The summed E-state index contributed by atoms with van der Waals surface area (Å²) in [5, 5.41) is 4.97. The molecule has 0 radical (unpaired) electrons. The van der Waals surface area contributed by atoms with Gasteiger partial charge in [0.15, 0.2) is 0 Å². The SMILES string of the molecule is CCCN1C(=O)N/C(=C/c2cc(Br)c(OCc3cccc4ccccc34)c(Br)c2)C1=O. The zero-order chi connectivity index (χ0) is 22.0. The first-order valence-electron chi connectivity index (χ1n) is 9.91. The van der Waals surface area contributed by atoms with E-state index in [0.717, 1.165) is 25.5 Å². The van der Waals surface area contributed by atoms with Crippen LogP contribution in [0.2, 0.25) is 0 Å². The van der Waals surface area contributed by atoms with Crippen molar-refractivity contribution in [1.29, 1.82) is 0 Å². The molecule has 31 heavy (non-hydrogen) atoms. The van der Waals surface area contributed by atoms with Crippen LogP contribution in [0.25, 0.3) is 16.8 Å². The number of carbonyl (C=O) groups excluding carboxylic acids is 2. The van der Waals surface area contributed by atoms with Gasteiger partial charge in [-0.15, -0.1) is 0 Å². The number of benzene rings is 3. The number of amides is 3. The van der Waals surface area contributed by atoms with Gasteiger partial charge in [-0.2, -0.15) is 0 Å². The highest BCUT2D eigenvalue weighted by Gasteiger charge is 2.32. The Bertz CT molecular complexity index is 1180. The van der Waals surface area contributed by atoms with Crippen LogP contribution in [0.1, 0.15) is 24.5 Å². The molecule has 4 rings (SSSR count). The van der Waals surface area contributed by atoms with Crippen LogP contribution in [0.3, 0.4) is 0 Å². The molecule has 1 heterocycles. The van der Waals surface area contributed by atoms with Gasteiger partial charge < -0.3 is 10.1 Å². The van der Waals surface area contributed by atoms with Crippen LogP contribution in [0.15, 0.2) is 69.2 Å². The molecular formula is C24H20Br2N2O3. The second-order valence-corrected chi connectivity index (χ2v) is 8.89. The molecule has 1 aliphatic rings. The van der Waals surface area contributed by atoms with Gasteiger partial charge in [0, 0.05) is 6.54 Å². The van der Waals surface area contributed by atoms with Crippen LogP contribution in [0.5, 0.6) is 5.75 Å². The highest BCUT2D eigenvalue weighted by molar-refractivity contribution is 9.11. The molecule has 0 unspecified atom stereocenters. The number of hydrogen-bond acceptors (Lipinski definition) is 3.